The van der Waals surface area contributed by atoms with E-state index in [4.69, 9.17) is 5.11 Å². The molecule has 1 fully saturated rings. The van der Waals surface area contributed by atoms with Gasteiger partial charge < -0.3 is 15.7 Å². The van der Waals surface area contributed by atoms with Crippen molar-refractivity contribution in [3.8, 4) is 0 Å². The zero-order valence-corrected chi connectivity index (χ0v) is 9.10. The number of hydrogen-bond acceptors (Lipinski definition) is 5. The van der Waals surface area contributed by atoms with Crippen LogP contribution in [0.4, 0.5) is 4.79 Å². The number of urea groups is 1. The molecular weight excluding hydrogens is 244 g/mol. The van der Waals surface area contributed by atoms with E-state index >= 15 is 0 Å². The fourth-order valence-corrected chi connectivity index (χ4v) is 1.57. The molecule has 4 N–H and O–H groups in total. The lowest BCUT2D eigenvalue weighted by Crippen LogP contribution is -2.53. The summed E-state index contributed by atoms with van der Waals surface area (Å²) in [5.74, 6) is -5.22. The summed E-state index contributed by atoms with van der Waals surface area (Å²) in [4.78, 5) is 45.7. The second-order valence-electron chi connectivity index (χ2n) is 3.70. The Labute approximate surface area is 101 Å². The van der Waals surface area contributed by atoms with E-state index < -0.39 is 35.3 Å². The maximum atomic E-state index is 11.7. The molecule has 0 radical (unpaired) electrons. The number of aliphatic hydroxyl groups is 1. The first-order valence-electron chi connectivity index (χ1n) is 5.10. The molecule has 18 heavy (non-hydrogen) atoms. The average molecular weight is 254 g/mol. The second-order valence-corrected chi connectivity index (χ2v) is 3.70. The van der Waals surface area contributed by atoms with Gasteiger partial charge in [-0.2, -0.15) is 0 Å². The zero-order chi connectivity index (χ0) is 13.3. The Morgan fingerprint density at radius 2 is 2.17 bits per heavy atom. The average Bonchev–Trinajstić information content (AvgIpc) is 2.70. The molecular formula is C9H10N4O5. The third-order valence-electron chi connectivity index (χ3n) is 2.49. The number of amides is 4. The third-order valence-corrected chi connectivity index (χ3v) is 2.49. The van der Waals surface area contributed by atoms with E-state index in [0.717, 1.165) is 11.2 Å². The topological polar surface area (TPSA) is 128 Å². The largest absolute Gasteiger partial charge is 0.503 e. The Bertz CT molecular complexity index is 472. The van der Waals surface area contributed by atoms with Crippen LogP contribution in [0, 0.1) is 5.92 Å². The number of Topliss-reactive ketones (excluding diaryl/α,β-unsaturated/α-hetero) is 1. The molecule has 1 atom stereocenters. The number of nitrogens with zero attached hydrogens (tertiary/aromatic N) is 1. The predicted molar refractivity (Wildman–Crippen MR) is 55.6 cm³/mol. The summed E-state index contributed by atoms with van der Waals surface area (Å²) in [6.45, 7) is 0.587. The molecule has 0 saturated carbocycles. The van der Waals surface area contributed by atoms with Crippen LogP contribution in [0.1, 0.15) is 0 Å². The number of hydrogen-bond donors (Lipinski definition) is 4. The fraction of sp³-hybridized carbons (Fsp3) is 0.333. The highest BCUT2D eigenvalue weighted by Gasteiger charge is 2.40. The number of carbonyl (C=O) groups is 4. The number of aliphatic hydroxyl groups excluding tert-OH is 1. The molecule has 1 unspecified atom stereocenters. The Kier molecular flexibility index (Phi) is 2.88. The smallest absolute Gasteiger partial charge is 0.336 e. The van der Waals surface area contributed by atoms with Gasteiger partial charge in [-0.1, -0.05) is 0 Å². The van der Waals surface area contributed by atoms with Gasteiger partial charge in [0.2, 0.25) is 11.7 Å². The van der Waals surface area contributed by atoms with Crippen molar-refractivity contribution >= 4 is 23.6 Å². The quantitative estimate of drug-likeness (QED) is 0.414. The summed E-state index contributed by atoms with van der Waals surface area (Å²) in [5.41, 5.74) is 2.14. The van der Waals surface area contributed by atoms with E-state index in [2.05, 4.69) is 16.1 Å². The lowest BCUT2D eigenvalue weighted by molar-refractivity contribution is -0.143. The van der Waals surface area contributed by atoms with Gasteiger partial charge in [0.15, 0.2) is 11.7 Å². The molecule has 0 aromatic heterocycles. The van der Waals surface area contributed by atoms with E-state index in [0.29, 0.717) is 6.54 Å². The number of allylic oxidation sites excluding steroid dienone is 1. The molecule has 0 bridgehead atoms. The molecule has 1 saturated heterocycles. The monoisotopic (exact) mass is 254 g/mol. The molecule has 96 valence electrons. The van der Waals surface area contributed by atoms with Gasteiger partial charge in [-0.05, 0) is 0 Å². The molecule has 0 aromatic rings. The van der Waals surface area contributed by atoms with Crippen molar-refractivity contribution in [2.24, 2.45) is 5.92 Å². The number of carbonyl (C=O) groups excluding carboxylic acids is 4. The van der Waals surface area contributed by atoms with Gasteiger partial charge in [0.05, 0.1) is 6.54 Å². The highest BCUT2D eigenvalue weighted by Crippen LogP contribution is 2.10. The Balaban J connectivity index is 2.08. The van der Waals surface area contributed by atoms with Crippen LogP contribution in [0.25, 0.3) is 0 Å². The summed E-state index contributed by atoms with van der Waals surface area (Å²) in [7, 11) is 0. The summed E-state index contributed by atoms with van der Waals surface area (Å²) in [5, 5.41) is 14.6. The molecule has 0 spiro atoms. The van der Waals surface area contributed by atoms with Crippen LogP contribution in [0.5, 0.6) is 0 Å². The summed E-state index contributed by atoms with van der Waals surface area (Å²) >= 11 is 0. The zero-order valence-electron chi connectivity index (χ0n) is 9.10. The number of ketones is 1. The van der Waals surface area contributed by atoms with Crippen molar-refractivity contribution < 1.29 is 24.3 Å². The van der Waals surface area contributed by atoms with Gasteiger partial charge in [-0.3, -0.25) is 19.8 Å². The van der Waals surface area contributed by atoms with Gasteiger partial charge in [0.25, 0.3) is 5.91 Å². The van der Waals surface area contributed by atoms with Crippen LogP contribution in [-0.2, 0) is 14.4 Å². The van der Waals surface area contributed by atoms with E-state index in [9.17, 15) is 19.2 Å². The summed E-state index contributed by atoms with van der Waals surface area (Å²) < 4.78 is 0. The normalized spacial score (nSPS) is 23.3. The molecule has 2 aliphatic heterocycles. The first-order chi connectivity index (χ1) is 8.50. The van der Waals surface area contributed by atoms with Gasteiger partial charge in [-0.15, -0.1) is 0 Å². The van der Waals surface area contributed by atoms with Crippen molar-refractivity contribution in [2.75, 3.05) is 13.1 Å². The highest BCUT2D eigenvalue weighted by atomic mass is 16.3. The van der Waals surface area contributed by atoms with Crippen LogP contribution >= 0.6 is 0 Å². The van der Waals surface area contributed by atoms with Crippen LogP contribution in [0.15, 0.2) is 12.0 Å². The number of nitrogens with one attached hydrogen (secondary N) is 3. The third kappa shape index (κ3) is 1.97. The van der Waals surface area contributed by atoms with E-state index in [-0.39, 0.29) is 6.54 Å². The molecule has 0 aliphatic carbocycles. The molecule has 2 heterocycles. The van der Waals surface area contributed by atoms with Gasteiger partial charge in [0.1, 0.15) is 0 Å². The first kappa shape index (κ1) is 11.9. The van der Waals surface area contributed by atoms with E-state index in [1.165, 1.54) is 0 Å². The standard InChI is InChI=1S/C9H10N4O5/c14-4-3-11-7(16)5(6(4)15)8(17)12-13-2-1-10-9(13)18/h3,5,14H,1-2H2,(H,10,18)(H,11,16)(H,12,17). The molecule has 9 heteroatoms. The Morgan fingerprint density at radius 3 is 2.78 bits per heavy atom. The van der Waals surface area contributed by atoms with Gasteiger partial charge in [-0.25, -0.2) is 9.80 Å². The highest BCUT2D eigenvalue weighted by molar-refractivity contribution is 6.24. The minimum absolute atomic E-state index is 0.231. The van der Waals surface area contributed by atoms with Crippen molar-refractivity contribution in [2.45, 2.75) is 0 Å². The molecule has 4 amide bonds. The van der Waals surface area contributed by atoms with Crippen molar-refractivity contribution in [1.82, 2.24) is 21.1 Å². The maximum Gasteiger partial charge on any atom is 0.336 e. The summed E-state index contributed by atoms with van der Waals surface area (Å²) in [6.07, 6.45) is 0.816. The fourth-order valence-electron chi connectivity index (χ4n) is 1.57. The molecule has 9 nitrogen and oxygen atoms in total. The van der Waals surface area contributed by atoms with E-state index in [1.807, 2.05) is 0 Å². The predicted octanol–water partition coefficient (Wildman–Crippen LogP) is -2.24. The van der Waals surface area contributed by atoms with Crippen LogP contribution in [-0.4, -0.2) is 46.8 Å². The minimum Gasteiger partial charge on any atom is -0.503 e. The Hall–Kier alpha value is -2.58. The van der Waals surface area contributed by atoms with Crippen molar-refractivity contribution in [3.63, 3.8) is 0 Å². The van der Waals surface area contributed by atoms with Crippen molar-refractivity contribution in [3.05, 3.63) is 12.0 Å². The second kappa shape index (κ2) is 4.35. The van der Waals surface area contributed by atoms with Gasteiger partial charge >= 0.3 is 6.03 Å². The molecule has 2 aliphatic rings. The lowest BCUT2D eigenvalue weighted by Gasteiger charge is -2.21. The first-order valence-corrected chi connectivity index (χ1v) is 5.10. The number of hydrazine groups is 1. The Morgan fingerprint density at radius 1 is 1.44 bits per heavy atom. The lowest BCUT2D eigenvalue weighted by atomic mass is 9.99. The molecule has 0 aromatic carbocycles. The maximum absolute atomic E-state index is 11.7. The SMILES string of the molecule is O=C1NC=C(O)C(=O)C1C(=O)NN1CCNC1=O. The van der Waals surface area contributed by atoms with E-state index in [1.54, 1.807) is 0 Å². The minimum atomic E-state index is -1.69. The van der Waals surface area contributed by atoms with Crippen molar-refractivity contribution in [1.29, 1.82) is 0 Å². The molecule has 2 rings (SSSR count). The van der Waals surface area contributed by atoms with Crippen LogP contribution in [0.2, 0.25) is 0 Å². The number of rotatable bonds is 2. The van der Waals surface area contributed by atoms with Crippen LogP contribution in [0.3, 0.4) is 0 Å². The van der Waals surface area contributed by atoms with Gasteiger partial charge in [0, 0.05) is 12.7 Å². The van der Waals surface area contributed by atoms with Crippen LogP contribution < -0.4 is 16.1 Å². The summed E-state index contributed by atoms with van der Waals surface area (Å²) in [6, 6.07) is -0.521.